The molecule has 0 bridgehead atoms. The summed E-state index contributed by atoms with van der Waals surface area (Å²) >= 11 is 7.38. The van der Waals surface area contributed by atoms with Gasteiger partial charge >= 0.3 is 5.97 Å². The molecule has 0 spiro atoms. The van der Waals surface area contributed by atoms with Crippen molar-refractivity contribution in [3.8, 4) is 11.6 Å². The Morgan fingerprint density at radius 2 is 2.10 bits per heavy atom. The lowest BCUT2D eigenvalue weighted by Crippen LogP contribution is -2.15. The minimum Gasteiger partial charge on any atom is -0.462 e. The van der Waals surface area contributed by atoms with Gasteiger partial charge in [-0.15, -0.1) is 10.2 Å². The van der Waals surface area contributed by atoms with Gasteiger partial charge in [-0.2, -0.15) is 0 Å². The van der Waals surface area contributed by atoms with Gasteiger partial charge in [-0.3, -0.25) is 9.36 Å². The van der Waals surface area contributed by atoms with Gasteiger partial charge in [0.2, 0.25) is 5.91 Å². The van der Waals surface area contributed by atoms with E-state index in [1.54, 1.807) is 37.5 Å². The summed E-state index contributed by atoms with van der Waals surface area (Å²) in [4.78, 5) is 24.3. The number of hydrogen-bond donors (Lipinski definition) is 1. The van der Waals surface area contributed by atoms with E-state index in [0.717, 1.165) is 0 Å². The number of thioether (sulfide) groups is 1. The molecule has 2 heterocycles. The number of esters is 1. The maximum atomic E-state index is 12.4. The van der Waals surface area contributed by atoms with Gasteiger partial charge in [0.15, 0.2) is 16.7 Å². The minimum atomic E-state index is -0.476. The summed E-state index contributed by atoms with van der Waals surface area (Å²) in [5.41, 5.74) is 0.657. The van der Waals surface area contributed by atoms with E-state index < -0.39 is 5.97 Å². The van der Waals surface area contributed by atoms with Crippen molar-refractivity contribution in [3.63, 3.8) is 0 Å². The molecule has 8 nitrogen and oxygen atoms in total. The molecular weight excluding hydrogens is 416 g/mol. The highest BCUT2D eigenvalue weighted by atomic mass is 35.5. The van der Waals surface area contributed by atoms with E-state index in [2.05, 4.69) is 15.5 Å². The zero-order valence-corrected chi connectivity index (χ0v) is 17.4. The Morgan fingerprint density at radius 3 is 2.79 bits per heavy atom. The van der Waals surface area contributed by atoms with Gasteiger partial charge in [0.05, 0.1) is 34.9 Å². The molecule has 10 heteroatoms. The number of ether oxygens (including phenoxy) is 1. The molecule has 0 fully saturated rings. The van der Waals surface area contributed by atoms with Crippen LogP contribution in [0.25, 0.3) is 11.6 Å². The third-order valence-corrected chi connectivity index (χ3v) is 5.15. The number of amides is 1. The average Bonchev–Trinajstić information content (AvgIpc) is 3.37. The Hall–Kier alpha value is -2.78. The van der Waals surface area contributed by atoms with Crippen LogP contribution in [0, 0.1) is 0 Å². The van der Waals surface area contributed by atoms with E-state index >= 15 is 0 Å². The largest absolute Gasteiger partial charge is 0.462 e. The molecule has 0 radical (unpaired) electrons. The van der Waals surface area contributed by atoms with Gasteiger partial charge in [-0.1, -0.05) is 23.4 Å². The fourth-order valence-corrected chi connectivity index (χ4v) is 3.51. The second-order valence-corrected chi connectivity index (χ2v) is 7.13. The number of hydrogen-bond acceptors (Lipinski definition) is 7. The number of rotatable bonds is 8. The Kier molecular flexibility index (Phi) is 6.95. The van der Waals surface area contributed by atoms with Crippen molar-refractivity contribution in [2.24, 2.45) is 0 Å². The number of carbonyl (C=O) groups excluding carboxylic acids is 2. The number of halogens is 1. The predicted octanol–water partition coefficient (Wildman–Crippen LogP) is 4.12. The van der Waals surface area contributed by atoms with Crippen molar-refractivity contribution < 1.29 is 18.7 Å². The second kappa shape index (κ2) is 9.62. The number of nitrogens with one attached hydrogen (secondary N) is 1. The Balaban J connectivity index is 1.66. The average molecular weight is 435 g/mol. The van der Waals surface area contributed by atoms with Crippen LogP contribution in [0.5, 0.6) is 0 Å². The summed E-state index contributed by atoms with van der Waals surface area (Å²) < 4.78 is 12.2. The van der Waals surface area contributed by atoms with Crippen LogP contribution in [0.1, 0.15) is 24.2 Å². The number of nitrogens with zero attached hydrogens (tertiary/aromatic N) is 3. The summed E-state index contributed by atoms with van der Waals surface area (Å²) in [6.07, 6.45) is 1.57. The van der Waals surface area contributed by atoms with Gasteiger partial charge in [-0.05, 0) is 44.2 Å². The fraction of sp³-hybridized carbons (Fsp3) is 0.263. The molecule has 3 rings (SSSR count). The number of furan rings is 1. The Morgan fingerprint density at radius 1 is 1.28 bits per heavy atom. The SMILES string of the molecule is CCOC(=O)c1ccc(Cl)c(NC(=O)CSc2nnc(-c3ccco3)n2CC)c1. The lowest BCUT2D eigenvalue weighted by molar-refractivity contribution is -0.113. The van der Waals surface area contributed by atoms with E-state index in [1.807, 2.05) is 11.5 Å². The zero-order valence-electron chi connectivity index (χ0n) is 15.8. The zero-order chi connectivity index (χ0) is 20.8. The minimum absolute atomic E-state index is 0.0935. The molecule has 152 valence electrons. The van der Waals surface area contributed by atoms with Crippen molar-refractivity contribution in [2.45, 2.75) is 25.5 Å². The predicted molar refractivity (Wildman–Crippen MR) is 110 cm³/mol. The first kappa shape index (κ1) is 20.9. The van der Waals surface area contributed by atoms with E-state index in [-0.39, 0.29) is 18.3 Å². The summed E-state index contributed by atoms with van der Waals surface area (Å²) in [7, 11) is 0. The molecule has 1 N–H and O–H groups in total. The molecule has 0 saturated carbocycles. The highest BCUT2D eigenvalue weighted by molar-refractivity contribution is 7.99. The third-order valence-electron chi connectivity index (χ3n) is 3.86. The standard InChI is InChI=1S/C19H19ClN4O4S/c1-3-24-17(15-6-5-9-28-15)22-23-19(24)29-11-16(25)21-14-10-12(7-8-13(14)20)18(26)27-4-2/h5-10H,3-4,11H2,1-2H3,(H,21,25). The summed E-state index contributed by atoms with van der Waals surface area (Å²) in [5.74, 6) is 0.540. The topological polar surface area (TPSA) is 99.2 Å². The monoisotopic (exact) mass is 434 g/mol. The van der Waals surface area contributed by atoms with E-state index in [9.17, 15) is 9.59 Å². The number of carbonyl (C=O) groups is 2. The van der Waals surface area contributed by atoms with Crippen LogP contribution in [-0.2, 0) is 16.1 Å². The van der Waals surface area contributed by atoms with Crippen molar-refractivity contribution in [2.75, 3.05) is 17.7 Å². The first-order valence-corrected chi connectivity index (χ1v) is 10.3. The third kappa shape index (κ3) is 4.99. The Labute approximate surface area is 176 Å². The lowest BCUT2D eigenvalue weighted by Gasteiger charge is -2.09. The molecule has 29 heavy (non-hydrogen) atoms. The fourth-order valence-electron chi connectivity index (χ4n) is 2.55. The van der Waals surface area contributed by atoms with Gasteiger partial charge in [-0.25, -0.2) is 4.79 Å². The first-order valence-electron chi connectivity index (χ1n) is 8.89. The second-order valence-electron chi connectivity index (χ2n) is 5.78. The van der Waals surface area contributed by atoms with Crippen molar-refractivity contribution in [1.82, 2.24) is 14.8 Å². The number of aromatic nitrogens is 3. The maximum Gasteiger partial charge on any atom is 0.338 e. The molecule has 0 unspecified atom stereocenters. The van der Waals surface area contributed by atoms with Crippen LogP contribution in [-0.4, -0.2) is 39.0 Å². The summed E-state index contributed by atoms with van der Waals surface area (Å²) in [5, 5.41) is 11.9. The molecule has 1 aromatic carbocycles. The van der Waals surface area contributed by atoms with Gasteiger partial charge in [0.25, 0.3) is 0 Å². The summed E-state index contributed by atoms with van der Waals surface area (Å²) in [6, 6.07) is 8.16. The number of benzene rings is 1. The molecule has 1 amide bonds. The van der Waals surface area contributed by atoms with Crippen LogP contribution in [0.15, 0.2) is 46.2 Å². The van der Waals surface area contributed by atoms with Crippen molar-refractivity contribution >= 4 is 40.9 Å². The van der Waals surface area contributed by atoms with Crippen molar-refractivity contribution in [3.05, 3.63) is 47.2 Å². The quantitative estimate of drug-likeness (QED) is 0.420. The first-order chi connectivity index (χ1) is 14.0. The van der Waals surface area contributed by atoms with Crippen LogP contribution in [0.2, 0.25) is 5.02 Å². The van der Waals surface area contributed by atoms with E-state index in [4.69, 9.17) is 20.8 Å². The molecule has 0 aliphatic rings. The molecule has 0 atom stereocenters. The molecule has 0 aliphatic carbocycles. The molecule has 2 aromatic heterocycles. The van der Waals surface area contributed by atoms with Crippen LogP contribution in [0.3, 0.4) is 0 Å². The van der Waals surface area contributed by atoms with Gasteiger partial charge in [0.1, 0.15) is 0 Å². The van der Waals surface area contributed by atoms with Crippen LogP contribution in [0.4, 0.5) is 5.69 Å². The number of anilines is 1. The van der Waals surface area contributed by atoms with Gasteiger partial charge in [0, 0.05) is 6.54 Å². The molecular formula is C19H19ClN4O4S. The maximum absolute atomic E-state index is 12.4. The van der Waals surface area contributed by atoms with E-state index in [1.165, 1.54) is 17.8 Å². The highest BCUT2D eigenvalue weighted by Gasteiger charge is 2.17. The molecule has 0 aliphatic heterocycles. The van der Waals surface area contributed by atoms with Crippen LogP contribution < -0.4 is 5.32 Å². The summed E-state index contributed by atoms with van der Waals surface area (Å²) in [6.45, 7) is 4.57. The van der Waals surface area contributed by atoms with Crippen molar-refractivity contribution in [1.29, 1.82) is 0 Å². The van der Waals surface area contributed by atoms with E-state index in [0.29, 0.717) is 39.6 Å². The molecule has 0 saturated heterocycles. The highest BCUT2D eigenvalue weighted by Crippen LogP contribution is 2.26. The smallest absolute Gasteiger partial charge is 0.338 e. The normalized spacial score (nSPS) is 10.7. The van der Waals surface area contributed by atoms with Gasteiger partial charge < -0.3 is 14.5 Å². The molecule has 3 aromatic rings. The Bertz CT molecular complexity index is 1000. The van der Waals surface area contributed by atoms with Crippen LogP contribution >= 0.6 is 23.4 Å². The lowest BCUT2D eigenvalue weighted by atomic mass is 10.2.